The Balaban J connectivity index is 1.13. The number of hydrogen-bond acceptors (Lipinski definition) is 4. The van der Waals surface area contributed by atoms with Crippen molar-refractivity contribution in [2.75, 3.05) is 0 Å². The van der Waals surface area contributed by atoms with Gasteiger partial charge in [-0.25, -0.2) is 9.59 Å². The lowest BCUT2D eigenvalue weighted by atomic mass is 9.53. The first-order valence-electron chi connectivity index (χ1n) is 17.7. The van der Waals surface area contributed by atoms with Crippen LogP contribution in [-0.2, 0) is 9.47 Å². The fourth-order valence-electron chi connectivity index (χ4n) is 9.58. The first kappa shape index (κ1) is 33.5. The van der Waals surface area contributed by atoms with Gasteiger partial charge in [-0.3, -0.25) is 0 Å². The number of carbonyl (C=O) groups excluding carboxylic acids is 2. The Hall–Kier alpha value is -2.88. The van der Waals surface area contributed by atoms with Crippen LogP contribution < -0.4 is 0 Å². The van der Waals surface area contributed by atoms with Gasteiger partial charge in [-0.05, 0) is 137 Å². The molecular weight excluding hydrogens is 556 g/mol. The average molecular weight is 613 g/mol. The topological polar surface area (TPSA) is 52.6 Å². The molecule has 3 fully saturated rings. The van der Waals surface area contributed by atoms with Crippen molar-refractivity contribution in [1.82, 2.24) is 0 Å². The van der Waals surface area contributed by atoms with Crippen LogP contribution in [0.4, 0.5) is 0 Å². The molecule has 2 aromatic rings. The van der Waals surface area contributed by atoms with E-state index in [1.165, 1.54) is 44.1 Å². The Morgan fingerprint density at radius 3 is 2.18 bits per heavy atom. The predicted molar refractivity (Wildman–Crippen MR) is 182 cm³/mol. The molecule has 0 spiro atoms. The van der Waals surface area contributed by atoms with Gasteiger partial charge in [0.2, 0.25) is 0 Å². The molecule has 7 atom stereocenters. The molecule has 0 bridgehead atoms. The predicted octanol–water partition coefficient (Wildman–Crippen LogP) is 10.6. The van der Waals surface area contributed by atoms with E-state index in [9.17, 15) is 9.59 Å². The number of hydrogen-bond donors (Lipinski definition) is 0. The SMILES string of the molecule is CC=C1CC(OC(=O)c2ccccc2)CCC1(C)C1CCC2(C)C(CCC2C(C)CCCC(C)(C)OC(=O)c2ccccc2)C1. The first-order chi connectivity index (χ1) is 21.4. The van der Waals surface area contributed by atoms with E-state index in [0.29, 0.717) is 28.4 Å². The zero-order chi connectivity index (χ0) is 32.2. The molecule has 4 heteroatoms. The number of carbonyl (C=O) groups is 2. The monoisotopic (exact) mass is 612 g/mol. The van der Waals surface area contributed by atoms with E-state index in [0.717, 1.165) is 43.9 Å². The normalized spacial score (nSPS) is 31.6. The number of esters is 2. The van der Waals surface area contributed by atoms with E-state index in [1.807, 2.05) is 74.5 Å². The van der Waals surface area contributed by atoms with Crippen LogP contribution in [0.5, 0.6) is 0 Å². The van der Waals surface area contributed by atoms with Crippen molar-refractivity contribution in [3.63, 3.8) is 0 Å². The Labute approximate surface area is 272 Å². The van der Waals surface area contributed by atoms with Gasteiger partial charge in [-0.1, -0.05) is 75.2 Å². The summed E-state index contributed by atoms with van der Waals surface area (Å²) in [6.07, 6.45) is 15.0. The number of rotatable bonds is 10. The summed E-state index contributed by atoms with van der Waals surface area (Å²) in [5.41, 5.74) is 2.89. The summed E-state index contributed by atoms with van der Waals surface area (Å²) in [6, 6.07) is 18.7. The zero-order valence-electron chi connectivity index (χ0n) is 28.6. The highest BCUT2D eigenvalue weighted by Gasteiger charge is 2.54. The minimum absolute atomic E-state index is 0.0330. The van der Waals surface area contributed by atoms with Crippen LogP contribution >= 0.6 is 0 Å². The summed E-state index contributed by atoms with van der Waals surface area (Å²) >= 11 is 0. The largest absolute Gasteiger partial charge is 0.458 e. The van der Waals surface area contributed by atoms with E-state index in [4.69, 9.17) is 9.47 Å². The highest BCUT2D eigenvalue weighted by atomic mass is 16.6. The number of fused-ring (bicyclic) bond motifs is 1. The molecule has 5 rings (SSSR count). The lowest BCUT2D eigenvalue weighted by Crippen LogP contribution is -2.44. The van der Waals surface area contributed by atoms with Crippen LogP contribution in [0.15, 0.2) is 72.3 Å². The third kappa shape index (κ3) is 7.42. The molecule has 0 amide bonds. The van der Waals surface area contributed by atoms with Gasteiger partial charge in [-0.15, -0.1) is 0 Å². The van der Waals surface area contributed by atoms with E-state index >= 15 is 0 Å². The van der Waals surface area contributed by atoms with Crippen molar-refractivity contribution in [2.24, 2.45) is 34.5 Å². The molecule has 0 aliphatic heterocycles. The second-order valence-corrected chi connectivity index (χ2v) is 15.6. The second-order valence-electron chi connectivity index (χ2n) is 15.6. The molecule has 0 N–H and O–H groups in total. The number of allylic oxidation sites excluding steroid dienone is 1. The van der Waals surface area contributed by atoms with Gasteiger partial charge in [0.05, 0.1) is 11.1 Å². The van der Waals surface area contributed by atoms with Gasteiger partial charge in [0.1, 0.15) is 11.7 Å². The Kier molecular flexibility index (Phi) is 10.3. The van der Waals surface area contributed by atoms with Crippen LogP contribution in [0.25, 0.3) is 0 Å². The summed E-state index contributed by atoms with van der Waals surface area (Å²) in [5.74, 6) is 2.50. The highest BCUT2D eigenvalue weighted by Crippen LogP contribution is 2.63. The number of benzene rings is 2. The second kappa shape index (κ2) is 13.9. The third-order valence-corrected chi connectivity index (χ3v) is 12.4. The van der Waals surface area contributed by atoms with Crippen molar-refractivity contribution in [3.8, 4) is 0 Å². The molecule has 0 aromatic heterocycles. The molecule has 0 heterocycles. The smallest absolute Gasteiger partial charge is 0.338 e. The standard InChI is InChI=1S/C41H56O4/c1-7-32-28-35(44-37(42)30-16-10-8-11-17-30)23-26-40(32,5)34-22-25-41(6)33(27-34)20-21-36(41)29(2)15-14-24-39(3,4)45-38(43)31-18-12-9-13-19-31/h7-13,16-19,29,33-36H,14-15,20-28H2,1-6H3. The quantitative estimate of drug-likeness (QED) is 0.198. The van der Waals surface area contributed by atoms with E-state index in [1.54, 1.807) is 0 Å². The van der Waals surface area contributed by atoms with Crippen molar-refractivity contribution in [1.29, 1.82) is 0 Å². The van der Waals surface area contributed by atoms with E-state index in [2.05, 4.69) is 33.8 Å². The summed E-state index contributed by atoms with van der Waals surface area (Å²) in [5, 5.41) is 0. The van der Waals surface area contributed by atoms with Crippen LogP contribution in [0.1, 0.15) is 133 Å². The average Bonchev–Trinajstić information content (AvgIpc) is 3.38. The minimum Gasteiger partial charge on any atom is -0.458 e. The highest BCUT2D eigenvalue weighted by molar-refractivity contribution is 5.90. The molecule has 45 heavy (non-hydrogen) atoms. The van der Waals surface area contributed by atoms with Gasteiger partial charge in [0.15, 0.2) is 0 Å². The van der Waals surface area contributed by atoms with Crippen molar-refractivity contribution in [3.05, 3.63) is 83.4 Å². The summed E-state index contributed by atoms with van der Waals surface area (Å²) in [6.45, 7) is 13.9. The Morgan fingerprint density at radius 2 is 1.53 bits per heavy atom. The van der Waals surface area contributed by atoms with Crippen molar-refractivity contribution >= 4 is 11.9 Å². The Bertz CT molecular complexity index is 1330. The van der Waals surface area contributed by atoms with Crippen LogP contribution in [0.3, 0.4) is 0 Å². The molecule has 7 unspecified atom stereocenters. The molecular formula is C41H56O4. The molecule has 4 nitrogen and oxygen atoms in total. The van der Waals surface area contributed by atoms with E-state index < -0.39 is 5.60 Å². The molecule has 2 aromatic carbocycles. The fourth-order valence-corrected chi connectivity index (χ4v) is 9.58. The van der Waals surface area contributed by atoms with Gasteiger partial charge in [-0.2, -0.15) is 0 Å². The molecule has 3 saturated carbocycles. The van der Waals surface area contributed by atoms with Crippen molar-refractivity contribution < 1.29 is 19.1 Å². The summed E-state index contributed by atoms with van der Waals surface area (Å²) < 4.78 is 11.9. The molecule has 0 radical (unpaired) electrons. The van der Waals surface area contributed by atoms with E-state index in [-0.39, 0.29) is 23.5 Å². The van der Waals surface area contributed by atoms with Crippen molar-refractivity contribution in [2.45, 2.75) is 124 Å². The Morgan fingerprint density at radius 1 is 0.889 bits per heavy atom. The summed E-state index contributed by atoms with van der Waals surface area (Å²) in [4.78, 5) is 25.4. The third-order valence-electron chi connectivity index (χ3n) is 12.4. The molecule has 3 aliphatic rings. The molecule has 3 aliphatic carbocycles. The maximum absolute atomic E-state index is 12.8. The van der Waals surface area contributed by atoms with Gasteiger partial charge < -0.3 is 9.47 Å². The fraction of sp³-hybridized carbons (Fsp3) is 0.610. The minimum atomic E-state index is -0.467. The molecule has 244 valence electrons. The van der Waals surface area contributed by atoms with Crippen LogP contribution in [0.2, 0.25) is 0 Å². The first-order valence-corrected chi connectivity index (χ1v) is 17.7. The maximum Gasteiger partial charge on any atom is 0.338 e. The lowest BCUT2D eigenvalue weighted by Gasteiger charge is -2.52. The van der Waals surface area contributed by atoms with Crippen LogP contribution in [-0.4, -0.2) is 23.6 Å². The van der Waals surface area contributed by atoms with Crippen LogP contribution in [0, 0.1) is 34.5 Å². The lowest BCUT2D eigenvalue weighted by molar-refractivity contribution is -0.0157. The molecule has 0 saturated heterocycles. The zero-order valence-corrected chi connectivity index (χ0v) is 28.6. The van der Waals surface area contributed by atoms with Gasteiger partial charge >= 0.3 is 11.9 Å². The van der Waals surface area contributed by atoms with Gasteiger partial charge in [0.25, 0.3) is 0 Å². The number of ether oxygens (including phenoxy) is 2. The van der Waals surface area contributed by atoms with Gasteiger partial charge in [0, 0.05) is 6.42 Å². The maximum atomic E-state index is 12.8. The summed E-state index contributed by atoms with van der Waals surface area (Å²) in [7, 11) is 0.